The van der Waals surface area contributed by atoms with Gasteiger partial charge in [-0.3, -0.25) is 5.21 Å². The standard InChI is InChI=1S/C11H17BrN3O3/c1-7(2)4-3-5-18-11-8(12)6-9(15(16)17)10(13)14-11/h6-7,16H,3-5H2,1-2H3,(H2,13,14)/q-1. The van der Waals surface area contributed by atoms with E-state index in [9.17, 15) is 5.21 Å². The van der Waals surface area contributed by atoms with Gasteiger partial charge in [0.1, 0.15) is 0 Å². The van der Waals surface area contributed by atoms with Gasteiger partial charge in [-0.15, -0.1) is 0 Å². The number of anilines is 2. The molecular weight excluding hydrogens is 302 g/mol. The van der Waals surface area contributed by atoms with E-state index < -0.39 is 0 Å². The van der Waals surface area contributed by atoms with E-state index in [2.05, 4.69) is 34.8 Å². The molecule has 0 aliphatic carbocycles. The molecule has 7 heteroatoms. The van der Waals surface area contributed by atoms with Gasteiger partial charge in [-0.25, -0.2) is 0 Å². The van der Waals surface area contributed by atoms with E-state index in [1.165, 1.54) is 6.07 Å². The summed E-state index contributed by atoms with van der Waals surface area (Å²) in [6, 6.07) is 1.37. The fourth-order valence-corrected chi connectivity index (χ4v) is 1.81. The van der Waals surface area contributed by atoms with Gasteiger partial charge >= 0.3 is 0 Å². The fraction of sp³-hybridized carbons (Fsp3) is 0.545. The summed E-state index contributed by atoms with van der Waals surface area (Å²) in [5, 5.41) is 19.2. The number of halogens is 1. The lowest BCUT2D eigenvalue weighted by molar-refractivity contribution is 0.283. The van der Waals surface area contributed by atoms with E-state index in [1.54, 1.807) is 0 Å². The van der Waals surface area contributed by atoms with Crippen molar-refractivity contribution in [2.75, 3.05) is 17.6 Å². The maximum Gasteiger partial charge on any atom is 0.230 e. The molecule has 0 unspecified atom stereocenters. The zero-order chi connectivity index (χ0) is 13.7. The highest BCUT2D eigenvalue weighted by Gasteiger charge is 2.10. The monoisotopic (exact) mass is 318 g/mol. The number of nitrogens with zero attached hydrogens (tertiary/aromatic N) is 2. The van der Waals surface area contributed by atoms with Crippen LogP contribution in [0.15, 0.2) is 10.5 Å². The number of ether oxygens (including phenoxy) is 1. The maximum absolute atomic E-state index is 10.8. The lowest BCUT2D eigenvalue weighted by atomic mass is 10.1. The van der Waals surface area contributed by atoms with Gasteiger partial charge in [0, 0.05) is 0 Å². The summed E-state index contributed by atoms with van der Waals surface area (Å²) in [6.07, 6.45) is 1.98. The van der Waals surface area contributed by atoms with Gasteiger partial charge in [-0.05, 0) is 40.8 Å². The molecule has 102 valence electrons. The fourth-order valence-electron chi connectivity index (χ4n) is 1.39. The van der Waals surface area contributed by atoms with Crippen LogP contribution in [0.5, 0.6) is 5.88 Å². The Morgan fingerprint density at radius 3 is 2.83 bits per heavy atom. The van der Waals surface area contributed by atoms with E-state index in [0.717, 1.165) is 12.8 Å². The first-order valence-electron chi connectivity index (χ1n) is 5.66. The van der Waals surface area contributed by atoms with Gasteiger partial charge < -0.3 is 20.9 Å². The molecule has 1 rings (SSSR count). The van der Waals surface area contributed by atoms with Crippen molar-refractivity contribution < 1.29 is 9.94 Å². The molecule has 0 atom stereocenters. The lowest BCUT2D eigenvalue weighted by Crippen LogP contribution is -2.12. The summed E-state index contributed by atoms with van der Waals surface area (Å²) < 4.78 is 5.94. The second-order valence-electron chi connectivity index (χ2n) is 4.34. The molecule has 0 aliphatic rings. The van der Waals surface area contributed by atoms with Crippen LogP contribution < -0.4 is 15.7 Å². The van der Waals surface area contributed by atoms with Crippen LogP contribution in [-0.4, -0.2) is 16.8 Å². The van der Waals surface area contributed by atoms with Crippen LogP contribution in [0.3, 0.4) is 0 Å². The summed E-state index contributed by atoms with van der Waals surface area (Å²) >= 11 is 3.21. The van der Waals surface area contributed by atoms with Crippen LogP contribution in [0.1, 0.15) is 26.7 Å². The van der Waals surface area contributed by atoms with Gasteiger partial charge in [0.05, 0.1) is 16.8 Å². The Labute approximate surface area is 114 Å². The smallest absolute Gasteiger partial charge is 0.230 e. The van der Waals surface area contributed by atoms with Crippen molar-refractivity contribution >= 4 is 27.4 Å². The zero-order valence-corrected chi connectivity index (χ0v) is 12.0. The third kappa shape index (κ3) is 4.32. The SMILES string of the molecule is CC(C)CCCOc1nc(N)c(N([O-])O)cc1Br. The molecular formula is C11H17BrN3O3-. The van der Waals surface area contributed by atoms with E-state index in [0.29, 0.717) is 22.9 Å². The Hall–Kier alpha value is -1.05. The Kier molecular flexibility index (Phi) is 5.64. The number of nitrogens with two attached hydrogens (primary N) is 1. The molecule has 18 heavy (non-hydrogen) atoms. The minimum absolute atomic E-state index is 0.0745. The summed E-state index contributed by atoms with van der Waals surface area (Å²) in [6.45, 7) is 4.82. The van der Waals surface area contributed by atoms with Crippen molar-refractivity contribution in [3.8, 4) is 5.88 Å². The minimum atomic E-state index is -0.324. The highest BCUT2D eigenvalue weighted by molar-refractivity contribution is 9.10. The highest BCUT2D eigenvalue weighted by Crippen LogP contribution is 2.31. The third-order valence-corrected chi connectivity index (χ3v) is 2.89. The average molecular weight is 319 g/mol. The van der Waals surface area contributed by atoms with E-state index in [1.807, 2.05) is 0 Å². The van der Waals surface area contributed by atoms with Crippen LogP contribution in [0.4, 0.5) is 11.5 Å². The molecule has 6 nitrogen and oxygen atoms in total. The predicted octanol–water partition coefficient (Wildman–Crippen LogP) is 2.93. The first-order chi connectivity index (χ1) is 8.41. The zero-order valence-electron chi connectivity index (χ0n) is 10.4. The second-order valence-corrected chi connectivity index (χ2v) is 5.19. The van der Waals surface area contributed by atoms with E-state index >= 15 is 0 Å². The second kappa shape index (κ2) is 6.77. The number of pyridine rings is 1. The van der Waals surface area contributed by atoms with Crippen LogP contribution >= 0.6 is 15.9 Å². The van der Waals surface area contributed by atoms with Gasteiger partial charge in [-0.1, -0.05) is 13.8 Å². The summed E-state index contributed by atoms with van der Waals surface area (Å²) in [5.74, 6) is 0.872. The number of nitrogen functional groups attached to an aromatic ring is 1. The predicted molar refractivity (Wildman–Crippen MR) is 73.5 cm³/mol. The van der Waals surface area contributed by atoms with E-state index in [-0.39, 0.29) is 16.7 Å². The molecule has 1 heterocycles. The number of rotatable bonds is 6. The lowest BCUT2D eigenvalue weighted by Gasteiger charge is -2.23. The molecule has 1 aromatic heterocycles. The van der Waals surface area contributed by atoms with Crippen molar-refractivity contribution in [3.63, 3.8) is 0 Å². The van der Waals surface area contributed by atoms with Gasteiger partial charge in [0.2, 0.25) is 5.88 Å². The quantitative estimate of drug-likeness (QED) is 0.618. The first-order valence-corrected chi connectivity index (χ1v) is 6.46. The Morgan fingerprint density at radius 1 is 1.61 bits per heavy atom. The van der Waals surface area contributed by atoms with Crippen LogP contribution in [0, 0.1) is 11.1 Å². The molecule has 0 aromatic carbocycles. The topological polar surface area (TPSA) is 94.7 Å². The summed E-state index contributed by atoms with van der Waals surface area (Å²) in [4.78, 5) is 3.92. The Bertz CT molecular complexity index is 399. The van der Waals surface area contributed by atoms with Crippen LogP contribution in [0.25, 0.3) is 0 Å². The highest BCUT2D eigenvalue weighted by atomic mass is 79.9. The van der Waals surface area contributed by atoms with Crippen molar-refractivity contribution in [1.29, 1.82) is 0 Å². The van der Waals surface area contributed by atoms with Gasteiger partial charge in [0.15, 0.2) is 5.82 Å². The van der Waals surface area contributed by atoms with Crippen molar-refractivity contribution in [2.24, 2.45) is 5.92 Å². The largest absolute Gasteiger partial charge is 0.733 e. The Balaban J connectivity index is 2.64. The van der Waals surface area contributed by atoms with E-state index in [4.69, 9.17) is 15.7 Å². The molecule has 0 fully saturated rings. The summed E-state index contributed by atoms with van der Waals surface area (Å²) in [7, 11) is 0. The summed E-state index contributed by atoms with van der Waals surface area (Å²) in [5.41, 5.74) is 5.42. The average Bonchev–Trinajstić information content (AvgIpc) is 2.27. The molecule has 0 amide bonds. The minimum Gasteiger partial charge on any atom is -0.733 e. The van der Waals surface area contributed by atoms with Gasteiger partial charge in [0.25, 0.3) is 0 Å². The third-order valence-electron chi connectivity index (χ3n) is 2.32. The molecule has 0 bridgehead atoms. The molecule has 0 radical (unpaired) electrons. The Morgan fingerprint density at radius 2 is 2.28 bits per heavy atom. The van der Waals surface area contributed by atoms with Crippen molar-refractivity contribution in [2.45, 2.75) is 26.7 Å². The molecule has 0 spiro atoms. The number of hydrogen-bond donors (Lipinski definition) is 2. The van der Waals surface area contributed by atoms with Crippen molar-refractivity contribution in [1.82, 2.24) is 4.98 Å². The first kappa shape index (κ1) is 15.0. The number of aromatic nitrogens is 1. The van der Waals surface area contributed by atoms with Gasteiger partial charge in [-0.2, -0.15) is 4.98 Å². The van der Waals surface area contributed by atoms with Crippen LogP contribution in [-0.2, 0) is 0 Å². The molecule has 1 aromatic rings. The molecule has 0 saturated carbocycles. The van der Waals surface area contributed by atoms with Crippen molar-refractivity contribution in [3.05, 3.63) is 15.7 Å². The molecule has 3 N–H and O–H groups in total. The number of hydrogen-bond acceptors (Lipinski definition) is 6. The van der Waals surface area contributed by atoms with Crippen LogP contribution in [0.2, 0.25) is 0 Å². The molecule has 0 aliphatic heterocycles. The maximum atomic E-state index is 10.8. The molecule has 0 saturated heterocycles. The normalized spacial score (nSPS) is 10.8.